The van der Waals surface area contributed by atoms with Crippen molar-refractivity contribution in [1.29, 1.82) is 0 Å². The summed E-state index contributed by atoms with van der Waals surface area (Å²) in [6.07, 6.45) is 3.34. The molecule has 3 heterocycles. The van der Waals surface area contributed by atoms with Crippen LogP contribution in [0.5, 0.6) is 0 Å². The van der Waals surface area contributed by atoms with Crippen LogP contribution in [0.4, 0.5) is 5.69 Å². The second kappa shape index (κ2) is 5.97. The molecule has 138 valence electrons. The van der Waals surface area contributed by atoms with Gasteiger partial charge in [-0.15, -0.1) is 11.3 Å². The molecular formula is C19H18N3O4S+. The molecule has 7 nitrogen and oxygen atoms in total. The molecule has 2 atom stereocenters. The Morgan fingerprint density at radius 2 is 1.96 bits per heavy atom. The van der Waals surface area contributed by atoms with Crippen LogP contribution in [0.3, 0.4) is 0 Å². The van der Waals surface area contributed by atoms with Gasteiger partial charge in [0.05, 0.1) is 22.6 Å². The van der Waals surface area contributed by atoms with Crippen molar-refractivity contribution in [3.05, 3.63) is 61.3 Å². The highest BCUT2D eigenvalue weighted by Crippen LogP contribution is 2.42. The number of non-ortho nitro benzene ring substituents is 1. The van der Waals surface area contributed by atoms with Crippen molar-refractivity contribution in [1.82, 2.24) is 4.90 Å². The van der Waals surface area contributed by atoms with Gasteiger partial charge in [-0.25, -0.2) is 4.90 Å². The van der Waals surface area contributed by atoms with Crippen LogP contribution in [0.25, 0.3) is 0 Å². The van der Waals surface area contributed by atoms with E-state index in [0.717, 1.165) is 13.0 Å². The minimum atomic E-state index is -0.544. The Balaban J connectivity index is 1.43. The maximum atomic E-state index is 12.8. The van der Waals surface area contributed by atoms with Crippen LogP contribution < -0.4 is 4.90 Å². The lowest BCUT2D eigenvalue weighted by Crippen LogP contribution is -3.15. The molecule has 1 aromatic heterocycles. The van der Waals surface area contributed by atoms with Crippen molar-refractivity contribution < 1.29 is 19.4 Å². The summed E-state index contributed by atoms with van der Waals surface area (Å²) >= 11 is 1.79. The first-order valence-electron chi connectivity index (χ1n) is 9.10. The van der Waals surface area contributed by atoms with E-state index in [1.54, 1.807) is 11.3 Å². The second-order valence-corrected chi connectivity index (χ2v) is 8.46. The maximum absolute atomic E-state index is 12.8. The van der Waals surface area contributed by atoms with Gasteiger partial charge in [0.15, 0.2) is 6.67 Å². The Morgan fingerprint density at radius 1 is 1.19 bits per heavy atom. The van der Waals surface area contributed by atoms with Gasteiger partial charge in [-0.05, 0) is 30.4 Å². The van der Waals surface area contributed by atoms with Crippen LogP contribution in [0.1, 0.15) is 50.0 Å². The standard InChI is InChI=1S/C19H17N3O4S/c23-18-13-4-3-12(22(25)26)9-15(13)19(24)21(18)10-20-7-5-16-14(6-8-27-16)17(20)11-1-2-11/h3-4,6,8-9,11,17H,1-2,5,7,10H2/p+1/t17-/m0/s1. The Labute approximate surface area is 159 Å². The molecule has 1 aliphatic carbocycles. The van der Waals surface area contributed by atoms with Gasteiger partial charge in [0.1, 0.15) is 6.04 Å². The molecule has 1 aromatic carbocycles. The van der Waals surface area contributed by atoms with Gasteiger partial charge in [0.25, 0.3) is 17.5 Å². The number of nitro benzene ring substituents is 1. The molecule has 0 spiro atoms. The van der Waals surface area contributed by atoms with Crippen LogP contribution in [-0.2, 0) is 6.42 Å². The van der Waals surface area contributed by atoms with E-state index >= 15 is 0 Å². The number of amides is 2. The number of quaternary nitrogens is 1. The summed E-state index contributed by atoms with van der Waals surface area (Å²) < 4.78 is 0. The highest BCUT2D eigenvalue weighted by Gasteiger charge is 2.46. The minimum absolute atomic E-state index is 0.143. The zero-order valence-electron chi connectivity index (χ0n) is 14.5. The van der Waals surface area contributed by atoms with Crippen LogP contribution in [-0.4, -0.2) is 34.9 Å². The summed E-state index contributed by atoms with van der Waals surface area (Å²) in [5.41, 5.74) is 1.61. The van der Waals surface area contributed by atoms with Gasteiger partial charge in [-0.1, -0.05) is 0 Å². The zero-order chi connectivity index (χ0) is 18.7. The molecule has 1 saturated carbocycles. The lowest BCUT2D eigenvalue weighted by Gasteiger charge is -2.34. The predicted molar refractivity (Wildman–Crippen MR) is 97.8 cm³/mol. The summed E-state index contributed by atoms with van der Waals surface area (Å²) in [7, 11) is 0. The largest absolute Gasteiger partial charge is 0.311 e. The summed E-state index contributed by atoms with van der Waals surface area (Å²) in [5, 5.41) is 13.1. The van der Waals surface area contributed by atoms with Crippen molar-refractivity contribution in [3.8, 4) is 0 Å². The van der Waals surface area contributed by atoms with Crippen molar-refractivity contribution >= 4 is 28.8 Å². The van der Waals surface area contributed by atoms with Crippen LogP contribution in [0, 0.1) is 16.0 Å². The van der Waals surface area contributed by atoms with E-state index in [2.05, 4.69) is 11.4 Å². The van der Waals surface area contributed by atoms with Gasteiger partial charge in [0.2, 0.25) is 0 Å². The number of nitrogens with one attached hydrogen (secondary N) is 1. The molecule has 8 heteroatoms. The van der Waals surface area contributed by atoms with Gasteiger partial charge in [-0.2, -0.15) is 0 Å². The Morgan fingerprint density at radius 3 is 2.70 bits per heavy atom. The van der Waals surface area contributed by atoms with Crippen molar-refractivity contribution in [2.75, 3.05) is 13.2 Å². The molecule has 1 fully saturated rings. The number of imide groups is 1. The lowest BCUT2D eigenvalue weighted by molar-refractivity contribution is -0.942. The maximum Gasteiger partial charge on any atom is 0.270 e. The number of hydrogen-bond donors (Lipinski definition) is 1. The molecule has 1 unspecified atom stereocenters. The van der Waals surface area contributed by atoms with Crippen LogP contribution >= 0.6 is 11.3 Å². The van der Waals surface area contributed by atoms with Gasteiger partial charge in [0, 0.05) is 34.9 Å². The third kappa shape index (κ3) is 2.59. The SMILES string of the molecule is O=C1c2ccc([N+](=O)[O-])cc2C(=O)N1C[NH+]1CCc2sccc2[C@@H]1C1CC1. The molecule has 2 aromatic rings. The zero-order valence-corrected chi connectivity index (χ0v) is 15.3. The number of carbonyl (C=O) groups excluding carboxylic acids is 2. The fourth-order valence-electron chi connectivity index (χ4n) is 4.41. The van der Waals surface area contributed by atoms with Gasteiger partial charge >= 0.3 is 0 Å². The molecule has 2 aliphatic heterocycles. The van der Waals surface area contributed by atoms with E-state index in [1.165, 1.54) is 51.3 Å². The second-order valence-electron chi connectivity index (χ2n) is 7.46. The summed E-state index contributed by atoms with van der Waals surface area (Å²) in [6.45, 7) is 1.21. The van der Waals surface area contributed by atoms with E-state index in [9.17, 15) is 19.7 Å². The first-order chi connectivity index (χ1) is 13.0. The molecule has 0 bridgehead atoms. The molecule has 27 heavy (non-hydrogen) atoms. The third-order valence-corrected chi connectivity index (χ3v) is 6.84. The third-order valence-electron chi connectivity index (χ3n) is 5.85. The Kier molecular flexibility index (Phi) is 3.66. The number of hydrogen-bond acceptors (Lipinski definition) is 5. The van der Waals surface area contributed by atoms with E-state index < -0.39 is 10.8 Å². The molecule has 2 amide bonds. The number of benzene rings is 1. The number of fused-ring (bicyclic) bond motifs is 2. The van der Waals surface area contributed by atoms with Crippen molar-refractivity contribution in [2.24, 2.45) is 5.92 Å². The number of nitro groups is 1. The molecule has 0 radical (unpaired) electrons. The fraction of sp³-hybridized carbons (Fsp3) is 0.368. The smallest absolute Gasteiger partial charge is 0.270 e. The van der Waals surface area contributed by atoms with Gasteiger partial charge < -0.3 is 4.90 Å². The predicted octanol–water partition coefficient (Wildman–Crippen LogP) is 1.80. The minimum Gasteiger partial charge on any atom is -0.311 e. The first kappa shape index (κ1) is 16.6. The molecular weight excluding hydrogens is 366 g/mol. The topological polar surface area (TPSA) is 85.0 Å². The van der Waals surface area contributed by atoms with E-state index in [-0.39, 0.29) is 22.7 Å². The van der Waals surface area contributed by atoms with E-state index in [0.29, 0.717) is 18.6 Å². The Bertz CT molecular complexity index is 981. The average Bonchev–Trinajstić information content (AvgIpc) is 3.34. The van der Waals surface area contributed by atoms with Crippen LogP contribution in [0.15, 0.2) is 29.6 Å². The average molecular weight is 384 g/mol. The quantitative estimate of drug-likeness (QED) is 0.495. The molecule has 0 saturated heterocycles. The highest BCUT2D eigenvalue weighted by atomic mass is 32.1. The summed E-state index contributed by atoms with van der Waals surface area (Å²) in [6, 6.07) is 6.42. The molecule has 3 aliphatic rings. The summed E-state index contributed by atoms with van der Waals surface area (Å²) in [4.78, 5) is 40.0. The first-order valence-corrected chi connectivity index (χ1v) is 9.98. The normalized spacial score (nSPS) is 24.1. The van der Waals surface area contributed by atoms with E-state index in [1.807, 2.05) is 0 Å². The lowest BCUT2D eigenvalue weighted by atomic mass is 9.96. The number of nitrogens with zero attached hydrogens (tertiary/aromatic N) is 2. The number of carbonyl (C=O) groups is 2. The molecule has 1 N–H and O–H groups in total. The highest BCUT2D eigenvalue weighted by molar-refractivity contribution is 7.10. The van der Waals surface area contributed by atoms with Crippen molar-refractivity contribution in [2.45, 2.75) is 25.3 Å². The van der Waals surface area contributed by atoms with E-state index in [4.69, 9.17) is 0 Å². The van der Waals surface area contributed by atoms with Crippen molar-refractivity contribution in [3.63, 3.8) is 0 Å². The van der Waals surface area contributed by atoms with Crippen LogP contribution in [0.2, 0.25) is 0 Å². The number of rotatable bonds is 4. The monoisotopic (exact) mass is 384 g/mol. The Hall–Kier alpha value is -2.58. The van der Waals surface area contributed by atoms with Gasteiger partial charge in [-0.3, -0.25) is 19.7 Å². The summed E-state index contributed by atoms with van der Waals surface area (Å²) in [5.74, 6) is -0.148. The number of thiophene rings is 1. The fourth-order valence-corrected chi connectivity index (χ4v) is 5.34. The molecule has 5 rings (SSSR count).